The van der Waals surface area contributed by atoms with Crippen LogP contribution in [0.4, 0.5) is 9.18 Å². The predicted octanol–water partition coefficient (Wildman–Crippen LogP) is 5.42. The Bertz CT molecular complexity index is 1400. The van der Waals surface area contributed by atoms with Gasteiger partial charge in [0.25, 0.3) is 5.91 Å². The van der Waals surface area contributed by atoms with E-state index in [-0.39, 0.29) is 35.2 Å². The second-order valence-corrected chi connectivity index (χ2v) is 8.20. The maximum atomic E-state index is 14.0. The Morgan fingerprint density at radius 1 is 1.08 bits per heavy atom. The maximum Gasteiger partial charge on any atom is 0.329 e. The molecule has 1 heterocycles. The van der Waals surface area contributed by atoms with Gasteiger partial charge in [-0.2, -0.15) is 5.26 Å². The predicted molar refractivity (Wildman–Crippen MR) is 132 cm³/mol. The fraction of sp³-hybridized carbons (Fsp3) is 0.148. The molecule has 3 aromatic rings. The summed E-state index contributed by atoms with van der Waals surface area (Å²) in [5, 5.41) is 12.0. The molecule has 36 heavy (non-hydrogen) atoms. The van der Waals surface area contributed by atoms with Gasteiger partial charge in [0.05, 0.1) is 29.8 Å². The number of benzene rings is 3. The number of imide groups is 1. The van der Waals surface area contributed by atoms with Gasteiger partial charge in [0, 0.05) is 11.1 Å². The van der Waals surface area contributed by atoms with Gasteiger partial charge < -0.3 is 14.8 Å². The highest BCUT2D eigenvalue weighted by molar-refractivity contribution is 6.32. The fourth-order valence-corrected chi connectivity index (χ4v) is 3.93. The normalized spacial score (nSPS) is 14.1. The lowest BCUT2D eigenvalue weighted by Crippen LogP contribution is -2.30. The van der Waals surface area contributed by atoms with Crippen molar-refractivity contribution in [3.05, 3.63) is 99.5 Å². The summed E-state index contributed by atoms with van der Waals surface area (Å²) in [6, 6.07) is 17.7. The lowest BCUT2D eigenvalue weighted by molar-refractivity contribution is -0.123. The van der Waals surface area contributed by atoms with Crippen molar-refractivity contribution >= 4 is 29.6 Å². The number of carbonyl (C=O) groups excluding carboxylic acids is 2. The van der Waals surface area contributed by atoms with Crippen molar-refractivity contribution < 1.29 is 23.5 Å². The SMILES string of the molecule is CCOc1cc(/C=C2/NC(=O)N(Cc3ccccc3F)C2=O)cc(Cl)c1OCc1ccccc1C#N. The van der Waals surface area contributed by atoms with E-state index in [0.717, 1.165) is 4.90 Å². The number of carbonyl (C=O) groups is 2. The van der Waals surface area contributed by atoms with Crippen LogP contribution in [0.15, 0.2) is 66.4 Å². The third kappa shape index (κ3) is 5.32. The van der Waals surface area contributed by atoms with Crippen molar-refractivity contribution in [1.29, 1.82) is 5.26 Å². The van der Waals surface area contributed by atoms with Gasteiger partial charge in [-0.1, -0.05) is 48.0 Å². The second-order valence-electron chi connectivity index (χ2n) is 7.79. The lowest BCUT2D eigenvalue weighted by Gasteiger charge is -2.15. The molecule has 0 radical (unpaired) electrons. The smallest absolute Gasteiger partial charge is 0.329 e. The molecule has 9 heteroatoms. The van der Waals surface area contributed by atoms with Crippen molar-refractivity contribution in [1.82, 2.24) is 10.2 Å². The first-order chi connectivity index (χ1) is 17.4. The van der Waals surface area contributed by atoms with E-state index in [1.54, 1.807) is 43.3 Å². The minimum Gasteiger partial charge on any atom is -0.490 e. The van der Waals surface area contributed by atoms with E-state index < -0.39 is 17.8 Å². The summed E-state index contributed by atoms with van der Waals surface area (Å²) in [4.78, 5) is 26.2. The van der Waals surface area contributed by atoms with Crippen LogP contribution in [-0.2, 0) is 17.9 Å². The average molecular weight is 506 g/mol. The quantitative estimate of drug-likeness (QED) is 0.326. The van der Waals surface area contributed by atoms with Crippen molar-refractivity contribution in [3.8, 4) is 17.6 Å². The molecule has 1 saturated heterocycles. The topological polar surface area (TPSA) is 91.7 Å². The van der Waals surface area contributed by atoms with E-state index in [1.165, 1.54) is 24.3 Å². The van der Waals surface area contributed by atoms with Crippen LogP contribution in [0.3, 0.4) is 0 Å². The largest absolute Gasteiger partial charge is 0.490 e. The summed E-state index contributed by atoms with van der Waals surface area (Å²) >= 11 is 6.49. The number of halogens is 2. The molecule has 3 aromatic carbocycles. The van der Waals surface area contributed by atoms with Crippen LogP contribution < -0.4 is 14.8 Å². The summed E-state index contributed by atoms with van der Waals surface area (Å²) in [7, 11) is 0. The van der Waals surface area contributed by atoms with Gasteiger partial charge in [-0.25, -0.2) is 9.18 Å². The molecule has 7 nitrogen and oxygen atoms in total. The Morgan fingerprint density at radius 3 is 2.53 bits per heavy atom. The first-order valence-electron chi connectivity index (χ1n) is 11.1. The van der Waals surface area contributed by atoms with Gasteiger partial charge in [-0.05, 0) is 42.8 Å². The number of rotatable bonds is 8. The average Bonchev–Trinajstić information content (AvgIpc) is 3.12. The van der Waals surface area contributed by atoms with Crippen molar-refractivity contribution in [3.63, 3.8) is 0 Å². The molecular formula is C27H21ClFN3O4. The van der Waals surface area contributed by atoms with Gasteiger partial charge in [-0.15, -0.1) is 0 Å². The molecule has 0 unspecified atom stereocenters. The highest BCUT2D eigenvalue weighted by Gasteiger charge is 2.34. The van der Waals surface area contributed by atoms with E-state index in [1.807, 2.05) is 6.07 Å². The zero-order chi connectivity index (χ0) is 25.7. The Kier molecular flexibility index (Phi) is 7.52. The van der Waals surface area contributed by atoms with Gasteiger partial charge in [0.2, 0.25) is 0 Å². The molecule has 1 fully saturated rings. The van der Waals surface area contributed by atoms with Crippen molar-refractivity contribution in [2.45, 2.75) is 20.1 Å². The number of nitrogens with zero attached hydrogens (tertiary/aromatic N) is 2. The summed E-state index contributed by atoms with van der Waals surface area (Å²) < 4.78 is 25.6. The van der Waals surface area contributed by atoms with E-state index in [2.05, 4.69) is 11.4 Å². The minimum absolute atomic E-state index is 0.0199. The molecule has 3 amide bonds. The monoisotopic (exact) mass is 505 g/mol. The number of urea groups is 1. The minimum atomic E-state index is -0.651. The Morgan fingerprint density at radius 2 is 1.81 bits per heavy atom. The number of hydrogen-bond acceptors (Lipinski definition) is 5. The Balaban J connectivity index is 1.57. The molecule has 1 aliphatic heterocycles. The standard InChI is InChI=1S/C27H21ClFN3O4/c1-2-35-24-13-17(11-21(28)25(24)36-16-20-9-4-3-7-18(20)14-30)12-23-26(33)32(27(34)31-23)15-19-8-5-6-10-22(19)29/h3-13H,2,15-16H2,1H3,(H,31,34)/b23-12+. The zero-order valence-corrected chi connectivity index (χ0v) is 20.0. The molecular weight excluding hydrogens is 485 g/mol. The van der Waals surface area contributed by atoms with Crippen LogP contribution in [0.5, 0.6) is 11.5 Å². The molecule has 0 spiro atoms. The molecule has 1 aliphatic rings. The molecule has 4 rings (SSSR count). The zero-order valence-electron chi connectivity index (χ0n) is 19.3. The second kappa shape index (κ2) is 10.9. The molecule has 0 aromatic heterocycles. The molecule has 0 aliphatic carbocycles. The van der Waals surface area contributed by atoms with Gasteiger partial charge in [-0.3, -0.25) is 9.69 Å². The summed E-state index contributed by atoms with van der Waals surface area (Å²) in [5.41, 5.74) is 1.92. The Labute approximate surface area is 212 Å². The first-order valence-corrected chi connectivity index (χ1v) is 11.4. The van der Waals surface area contributed by atoms with Crippen LogP contribution >= 0.6 is 11.6 Å². The van der Waals surface area contributed by atoms with E-state index in [4.69, 9.17) is 21.1 Å². The summed E-state index contributed by atoms with van der Waals surface area (Å²) in [6.45, 7) is 2.03. The number of nitriles is 1. The third-order valence-electron chi connectivity index (χ3n) is 5.40. The maximum absolute atomic E-state index is 14.0. The molecule has 182 valence electrons. The number of hydrogen-bond donors (Lipinski definition) is 1. The van der Waals surface area contributed by atoms with Gasteiger partial charge >= 0.3 is 6.03 Å². The molecule has 0 saturated carbocycles. The lowest BCUT2D eigenvalue weighted by atomic mass is 10.1. The van der Waals surface area contributed by atoms with Crippen LogP contribution in [0.25, 0.3) is 6.08 Å². The molecule has 0 atom stereocenters. The third-order valence-corrected chi connectivity index (χ3v) is 5.68. The van der Waals surface area contributed by atoms with Gasteiger partial charge in [0.15, 0.2) is 11.5 Å². The first kappa shape index (κ1) is 24.8. The van der Waals surface area contributed by atoms with E-state index >= 15 is 0 Å². The number of ether oxygens (including phenoxy) is 2. The summed E-state index contributed by atoms with van der Waals surface area (Å²) in [6.07, 6.45) is 1.46. The van der Waals surface area contributed by atoms with E-state index in [9.17, 15) is 19.2 Å². The van der Waals surface area contributed by atoms with E-state index in [0.29, 0.717) is 29.0 Å². The summed E-state index contributed by atoms with van der Waals surface area (Å²) in [5.74, 6) is -0.468. The number of amides is 3. The molecule has 1 N–H and O–H groups in total. The van der Waals surface area contributed by atoms with Crippen molar-refractivity contribution in [2.24, 2.45) is 0 Å². The highest BCUT2D eigenvalue weighted by atomic mass is 35.5. The number of nitrogens with one attached hydrogen (secondary N) is 1. The van der Waals surface area contributed by atoms with Crippen LogP contribution in [-0.4, -0.2) is 23.4 Å². The fourth-order valence-electron chi connectivity index (χ4n) is 3.66. The molecule has 0 bridgehead atoms. The van der Waals surface area contributed by atoms with Crippen LogP contribution in [0.1, 0.15) is 29.2 Å². The van der Waals surface area contributed by atoms with Gasteiger partial charge in [0.1, 0.15) is 18.1 Å². The van der Waals surface area contributed by atoms with Crippen LogP contribution in [0, 0.1) is 17.1 Å². The Hall–Kier alpha value is -4.35. The highest BCUT2D eigenvalue weighted by Crippen LogP contribution is 2.38. The van der Waals surface area contributed by atoms with Crippen LogP contribution in [0.2, 0.25) is 5.02 Å². The van der Waals surface area contributed by atoms with Crippen molar-refractivity contribution in [2.75, 3.05) is 6.61 Å².